The summed E-state index contributed by atoms with van der Waals surface area (Å²) in [5, 5.41) is 3.38. The van der Waals surface area contributed by atoms with E-state index in [-0.39, 0.29) is 6.10 Å². The number of nitrogens with one attached hydrogen (secondary N) is 1. The maximum absolute atomic E-state index is 5.86. The van der Waals surface area contributed by atoms with Crippen molar-refractivity contribution in [2.24, 2.45) is 0 Å². The van der Waals surface area contributed by atoms with Crippen LogP contribution in [0.2, 0.25) is 0 Å². The van der Waals surface area contributed by atoms with E-state index in [1.54, 1.807) is 0 Å². The van der Waals surface area contributed by atoms with Crippen molar-refractivity contribution < 1.29 is 4.74 Å². The lowest BCUT2D eigenvalue weighted by Crippen LogP contribution is -2.33. The van der Waals surface area contributed by atoms with Gasteiger partial charge in [-0.2, -0.15) is 0 Å². The molecule has 0 spiro atoms. The molecular formula is C16H27NO. The van der Waals surface area contributed by atoms with Crippen molar-refractivity contribution in [2.75, 3.05) is 6.54 Å². The van der Waals surface area contributed by atoms with Crippen molar-refractivity contribution in [1.82, 2.24) is 5.32 Å². The summed E-state index contributed by atoms with van der Waals surface area (Å²) in [6.45, 7) is 9.50. The van der Waals surface area contributed by atoms with E-state index in [2.05, 4.69) is 57.3 Å². The lowest BCUT2D eigenvalue weighted by atomic mass is 10.1. The maximum Gasteiger partial charge on any atom is 0.119 e. The van der Waals surface area contributed by atoms with Crippen LogP contribution in [0.3, 0.4) is 0 Å². The van der Waals surface area contributed by atoms with Gasteiger partial charge in [-0.05, 0) is 37.5 Å². The van der Waals surface area contributed by atoms with Gasteiger partial charge in [0.1, 0.15) is 11.9 Å². The second-order valence-electron chi connectivity index (χ2n) is 5.24. The van der Waals surface area contributed by atoms with Gasteiger partial charge >= 0.3 is 0 Å². The second-order valence-corrected chi connectivity index (χ2v) is 5.24. The summed E-state index contributed by atoms with van der Waals surface area (Å²) in [4.78, 5) is 0. The summed E-state index contributed by atoms with van der Waals surface area (Å²) in [6, 6.07) is 9.02. The molecule has 0 bridgehead atoms. The number of aryl methyl sites for hydroxylation is 1. The fourth-order valence-corrected chi connectivity index (χ4v) is 1.79. The molecule has 1 N–H and O–H groups in total. The van der Waals surface area contributed by atoms with E-state index in [0.29, 0.717) is 6.04 Å². The van der Waals surface area contributed by atoms with Crippen molar-refractivity contribution in [3.05, 3.63) is 29.8 Å². The Kier molecular flexibility index (Phi) is 6.81. The largest absolute Gasteiger partial charge is 0.489 e. The van der Waals surface area contributed by atoms with Crippen LogP contribution in [0, 0.1) is 0 Å². The van der Waals surface area contributed by atoms with Gasteiger partial charge in [0, 0.05) is 12.6 Å². The number of hydrogen-bond donors (Lipinski definition) is 1. The highest BCUT2D eigenvalue weighted by Gasteiger charge is 2.04. The first-order valence-corrected chi connectivity index (χ1v) is 7.10. The Balaban J connectivity index is 2.38. The predicted molar refractivity (Wildman–Crippen MR) is 78.3 cm³/mol. The molecule has 1 rings (SSSR count). The SMILES string of the molecule is CCCCc1ccc(OC(C)CNC(C)C)cc1. The predicted octanol–water partition coefficient (Wildman–Crippen LogP) is 3.79. The van der Waals surface area contributed by atoms with E-state index in [1.165, 1.54) is 24.8 Å². The number of unbranched alkanes of at least 4 members (excludes halogenated alkanes) is 1. The molecule has 0 saturated heterocycles. The van der Waals surface area contributed by atoms with Crippen molar-refractivity contribution in [2.45, 2.75) is 59.1 Å². The molecule has 0 heterocycles. The first-order chi connectivity index (χ1) is 8.61. The molecule has 1 aromatic rings. The molecule has 0 saturated carbocycles. The minimum absolute atomic E-state index is 0.203. The van der Waals surface area contributed by atoms with Crippen molar-refractivity contribution in [3.8, 4) is 5.75 Å². The quantitative estimate of drug-likeness (QED) is 0.756. The number of ether oxygens (including phenoxy) is 1. The minimum Gasteiger partial charge on any atom is -0.489 e. The third-order valence-corrected chi connectivity index (χ3v) is 2.89. The van der Waals surface area contributed by atoms with Gasteiger partial charge in [0.15, 0.2) is 0 Å². The molecule has 0 aliphatic rings. The Bertz CT molecular complexity index is 318. The van der Waals surface area contributed by atoms with Crippen molar-refractivity contribution in [1.29, 1.82) is 0 Å². The van der Waals surface area contributed by atoms with E-state index >= 15 is 0 Å². The van der Waals surface area contributed by atoms with Crippen LogP contribution in [0.4, 0.5) is 0 Å². The normalized spacial score (nSPS) is 12.7. The van der Waals surface area contributed by atoms with E-state index in [9.17, 15) is 0 Å². The molecule has 0 amide bonds. The van der Waals surface area contributed by atoms with Crippen LogP contribution in [0.5, 0.6) is 5.75 Å². The first kappa shape index (κ1) is 15.0. The van der Waals surface area contributed by atoms with Gasteiger partial charge in [-0.25, -0.2) is 0 Å². The lowest BCUT2D eigenvalue weighted by molar-refractivity contribution is 0.213. The average molecular weight is 249 g/mol. The monoisotopic (exact) mass is 249 g/mol. The summed E-state index contributed by atoms with van der Waals surface area (Å²) in [6.07, 6.45) is 3.88. The number of rotatable bonds is 8. The number of benzene rings is 1. The fourth-order valence-electron chi connectivity index (χ4n) is 1.79. The topological polar surface area (TPSA) is 21.3 Å². The molecule has 102 valence electrons. The smallest absolute Gasteiger partial charge is 0.119 e. The summed E-state index contributed by atoms with van der Waals surface area (Å²) in [7, 11) is 0. The molecule has 2 heteroatoms. The molecule has 18 heavy (non-hydrogen) atoms. The standard InChI is InChI=1S/C16H27NO/c1-5-6-7-15-8-10-16(11-9-15)18-14(4)12-17-13(2)3/h8-11,13-14,17H,5-7,12H2,1-4H3. The van der Waals surface area contributed by atoms with Gasteiger partial charge in [-0.15, -0.1) is 0 Å². The molecular weight excluding hydrogens is 222 g/mol. The van der Waals surface area contributed by atoms with Crippen LogP contribution in [0.25, 0.3) is 0 Å². The molecule has 1 unspecified atom stereocenters. The number of hydrogen-bond acceptors (Lipinski definition) is 2. The van der Waals surface area contributed by atoms with E-state index in [1.807, 2.05) is 0 Å². The highest BCUT2D eigenvalue weighted by atomic mass is 16.5. The van der Waals surface area contributed by atoms with E-state index in [4.69, 9.17) is 4.74 Å². The molecule has 0 radical (unpaired) electrons. The Morgan fingerprint density at radius 1 is 1.11 bits per heavy atom. The molecule has 0 aromatic heterocycles. The third kappa shape index (κ3) is 6.06. The van der Waals surface area contributed by atoms with Crippen molar-refractivity contribution in [3.63, 3.8) is 0 Å². The zero-order valence-corrected chi connectivity index (χ0v) is 12.2. The molecule has 2 nitrogen and oxygen atoms in total. The average Bonchev–Trinajstić information content (AvgIpc) is 2.35. The maximum atomic E-state index is 5.86. The van der Waals surface area contributed by atoms with E-state index in [0.717, 1.165) is 12.3 Å². The Morgan fingerprint density at radius 2 is 1.78 bits per heavy atom. The van der Waals surface area contributed by atoms with Crippen LogP contribution < -0.4 is 10.1 Å². The highest BCUT2D eigenvalue weighted by Crippen LogP contribution is 2.15. The summed E-state index contributed by atoms with van der Waals surface area (Å²) >= 11 is 0. The van der Waals surface area contributed by atoms with Gasteiger partial charge in [0.2, 0.25) is 0 Å². The fraction of sp³-hybridized carbons (Fsp3) is 0.625. The van der Waals surface area contributed by atoms with Crippen LogP contribution in [0.15, 0.2) is 24.3 Å². The van der Waals surface area contributed by atoms with Crippen LogP contribution >= 0.6 is 0 Å². The Hall–Kier alpha value is -1.02. The Morgan fingerprint density at radius 3 is 2.33 bits per heavy atom. The second kappa shape index (κ2) is 8.15. The van der Waals surface area contributed by atoms with Crippen LogP contribution in [-0.4, -0.2) is 18.7 Å². The minimum atomic E-state index is 0.203. The molecule has 1 aromatic carbocycles. The van der Waals surface area contributed by atoms with E-state index < -0.39 is 0 Å². The summed E-state index contributed by atoms with van der Waals surface area (Å²) in [5.41, 5.74) is 1.40. The molecule has 0 aliphatic carbocycles. The van der Waals surface area contributed by atoms with Gasteiger partial charge < -0.3 is 10.1 Å². The lowest BCUT2D eigenvalue weighted by Gasteiger charge is -2.17. The van der Waals surface area contributed by atoms with Crippen LogP contribution in [0.1, 0.15) is 46.1 Å². The van der Waals surface area contributed by atoms with Gasteiger partial charge in [-0.1, -0.05) is 39.3 Å². The summed E-state index contributed by atoms with van der Waals surface area (Å²) in [5.74, 6) is 0.966. The Labute approximate surface area is 112 Å². The molecule has 0 fully saturated rings. The van der Waals surface area contributed by atoms with Crippen molar-refractivity contribution >= 4 is 0 Å². The molecule has 0 aliphatic heterocycles. The highest BCUT2D eigenvalue weighted by molar-refractivity contribution is 5.27. The van der Waals surface area contributed by atoms with Gasteiger partial charge in [0.05, 0.1) is 0 Å². The zero-order valence-electron chi connectivity index (χ0n) is 12.2. The summed E-state index contributed by atoms with van der Waals surface area (Å²) < 4.78 is 5.86. The third-order valence-electron chi connectivity index (χ3n) is 2.89. The first-order valence-electron chi connectivity index (χ1n) is 7.10. The van der Waals surface area contributed by atoms with Gasteiger partial charge in [0.25, 0.3) is 0 Å². The van der Waals surface area contributed by atoms with Crippen LogP contribution in [-0.2, 0) is 6.42 Å². The van der Waals surface area contributed by atoms with Gasteiger partial charge in [-0.3, -0.25) is 0 Å². The zero-order chi connectivity index (χ0) is 13.4. The molecule has 1 atom stereocenters.